The molecule has 0 bridgehead atoms. The summed E-state index contributed by atoms with van der Waals surface area (Å²) in [6, 6.07) is 8.01. The summed E-state index contributed by atoms with van der Waals surface area (Å²) in [5.41, 5.74) is 1.72. The van der Waals surface area contributed by atoms with Crippen LogP contribution < -0.4 is 16.0 Å². The van der Waals surface area contributed by atoms with Crippen LogP contribution in [0.3, 0.4) is 0 Å². The highest BCUT2D eigenvalue weighted by molar-refractivity contribution is 5.94. The molecule has 1 aromatic rings. The van der Waals surface area contributed by atoms with E-state index in [1.54, 1.807) is 21.2 Å². The first-order valence-electron chi connectivity index (χ1n) is 9.10. The van der Waals surface area contributed by atoms with E-state index in [4.69, 9.17) is 4.74 Å². The molecule has 3 N–H and O–H groups in total. The Balaban J connectivity index is 1.86. The average Bonchev–Trinajstić information content (AvgIpc) is 2.65. The standard InChI is InChI=1S/C20H32N4O2/c1-19(2)16(13-20(19,3)26-6)24-18(22-5)23-11-10-14-8-7-9-15(12-14)17(25)21-4/h7-9,12,16H,10-11,13H2,1-6H3,(H,21,25)(H2,22,23,24). The number of carbonyl (C=O) groups excluding carboxylic acids is 1. The van der Waals surface area contributed by atoms with Crippen LogP contribution in [0.4, 0.5) is 0 Å². The zero-order valence-corrected chi connectivity index (χ0v) is 16.8. The minimum absolute atomic E-state index is 0.0290. The number of nitrogens with one attached hydrogen (secondary N) is 3. The van der Waals surface area contributed by atoms with Gasteiger partial charge in [-0.1, -0.05) is 26.0 Å². The predicted molar refractivity (Wildman–Crippen MR) is 106 cm³/mol. The molecule has 1 amide bonds. The van der Waals surface area contributed by atoms with Gasteiger partial charge in [0.05, 0.1) is 5.60 Å². The van der Waals surface area contributed by atoms with Crippen molar-refractivity contribution in [2.24, 2.45) is 10.4 Å². The highest BCUT2D eigenvalue weighted by Gasteiger charge is 2.58. The van der Waals surface area contributed by atoms with Gasteiger partial charge in [0.1, 0.15) is 0 Å². The van der Waals surface area contributed by atoms with Crippen LogP contribution in [0.1, 0.15) is 43.1 Å². The quantitative estimate of drug-likeness (QED) is 0.535. The summed E-state index contributed by atoms with van der Waals surface area (Å²) in [5.74, 6) is 0.731. The third-order valence-corrected chi connectivity index (χ3v) is 5.94. The van der Waals surface area contributed by atoms with Gasteiger partial charge in [-0.15, -0.1) is 0 Å². The van der Waals surface area contributed by atoms with E-state index in [2.05, 4.69) is 41.7 Å². The number of hydrogen-bond acceptors (Lipinski definition) is 3. The molecule has 1 fully saturated rings. The molecule has 0 aliphatic heterocycles. The number of benzene rings is 1. The molecule has 0 heterocycles. The van der Waals surface area contributed by atoms with Crippen molar-refractivity contribution >= 4 is 11.9 Å². The zero-order valence-electron chi connectivity index (χ0n) is 16.8. The van der Waals surface area contributed by atoms with Crippen molar-refractivity contribution in [3.63, 3.8) is 0 Å². The SMILES string of the molecule is CN=C(NCCc1cccc(C(=O)NC)c1)NC1CC(C)(OC)C1(C)C. The second kappa shape index (κ2) is 8.08. The number of hydrogen-bond donors (Lipinski definition) is 3. The van der Waals surface area contributed by atoms with Gasteiger partial charge in [-0.25, -0.2) is 0 Å². The summed E-state index contributed by atoms with van der Waals surface area (Å²) < 4.78 is 5.68. The van der Waals surface area contributed by atoms with E-state index in [-0.39, 0.29) is 16.9 Å². The lowest BCUT2D eigenvalue weighted by Crippen LogP contribution is -2.69. The number of guanidine groups is 1. The maximum absolute atomic E-state index is 11.7. The molecule has 6 heteroatoms. The topological polar surface area (TPSA) is 74.8 Å². The van der Waals surface area contributed by atoms with Crippen molar-refractivity contribution in [3.05, 3.63) is 35.4 Å². The van der Waals surface area contributed by atoms with Gasteiger partial charge < -0.3 is 20.7 Å². The highest BCUT2D eigenvalue weighted by Crippen LogP contribution is 2.51. The number of aliphatic imine (C=N–C) groups is 1. The second-order valence-corrected chi connectivity index (χ2v) is 7.59. The van der Waals surface area contributed by atoms with E-state index < -0.39 is 0 Å². The Morgan fingerprint density at radius 1 is 1.35 bits per heavy atom. The van der Waals surface area contributed by atoms with Gasteiger partial charge >= 0.3 is 0 Å². The minimum Gasteiger partial charge on any atom is -0.378 e. The zero-order chi connectivity index (χ0) is 19.4. The number of ether oxygens (including phenoxy) is 1. The smallest absolute Gasteiger partial charge is 0.251 e. The third-order valence-electron chi connectivity index (χ3n) is 5.94. The van der Waals surface area contributed by atoms with Crippen LogP contribution in [0, 0.1) is 5.41 Å². The fraction of sp³-hybridized carbons (Fsp3) is 0.600. The van der Waals surface area contributed by atoms with E-state index in [1.165, 1.54) is 0 Å². The Morgan fingerprint density at radius 2 is 2.08 bits per heavy atom. The average molecular weight is 361 g/mol. The van der Waals surface area contributed by atoms with Gasteiger partial charge in [0.25, 0.3) is 5.91 Å². The maximum atomic E-state index is 11.7. The summed E-state index contributed by atoms with van der Waals surface area (Å²) in [7, 11) is 5.20. The molecule has 0 saturated heterocycles. The lowest BCUT2D eigenvalue weighted by atomic mass is 9.56. The molecule has 0 spiro atoms. The van der Waals surface area contributed by atoms with Crippen molar-refractivity contribution < 1.29 is 9.53 Å². The maximum Gasteiger partial charge on any atom is 0.251 e. The molecule has 1 aliphatic carbocycles. The highest BCUT2D eigenvalue weighted by atomic mass is 16.5. The van der Waals surface area contributed by atoms with Crippen LogP contribution >= 0.6 is 0 Å². The number of carbonyl (C=O) groups is 1. The van der Waals surface area contributed by atoms with E-state index in [1.807, 2.05) is 24.3 Å². The molecule has 2 atom stereocenters. The third kappa shape index (κ3) is 4.01. The first-order valence-corrected chi connectivity index (χ1v) is 9.10. The van der Waals surface area contributed by atoms with Crippen LogP contribution in [0.2, 0.25) is 0 Å². The minimum atomic E-state index is -0.107. The van der Waals surface area contributed by atoms with E-state index in [0.717, 1.165) is 30.9 Å². The molecule has 1 saturated carbocycles. The van der Waals surface area contributed by atoms with Gasteiger partial charge in [-0.3, -0.25) is 9.79 Å². The van der Waals surface area contributed by atoms with Crippen LogP contribution in [0.25, 0.3) is 0 Å². The Morgan fingerprint density at radius 3 is 2.65 bits per heavy atom. The van der Waals surface area contributed by atoms with Crippen LogP contribution in [0.15, 0.2) is 29.3 Å². The Kier molecular flexibility index (Phi) is 6.29. The fourth-order valence-corrected chi connectivity index (χ4v) is 3.42. The molecule has 2 rings (SSSR count). The first-order chi connectivity index (χ1) is 12.3. The summed E-state index contributed by atoms with van der Waals surface area (Å²) in [6.07, 6.45) is 1.76. The molecule has 1 aliphatic rings. The van der Waals surface area contributed by atoms with Crippen LogP contribution in [0.5, 0.6) is 0 Å². The van der Waals surface area contributed by atoms with Crippen molar-refractivity contribution in [1.82, 2.24) is 16.0 Å². The van der Waals surface area contributed by atoms with E-state index in [9.17, 15) is 4.79 Å². The number of nitrogens with zero attached hydrogens (tertiary/aromatic N) is 1. The lowest BCUT2D eigenvalue weighted by molar-refractivity contribution is -0.176. The molecule has 144 valence electrons. The van der Waals surface area contributed by atoms with E-state index >= 15 is 0 Å². The normalized spacial score (nSPS) is 24.5. The molecule has 26 heavy (non-hydrogen) atoms. The molecular weight excluding hydrogens is 328 g/mol. The number of rotatable bonds is 6. The lowest BCUT2D eigenvalue weighted by Gasteiger charge is -2.59. The molecule has 0 radical (unpaired) electrons. The first kappa shape index (κ1) is 20.2. The summed E-state index contributed by atoms with van der Waals surface area (Å²) in [5, 5.41) is 9.51. The number of amides is 1. The largest absolute Gasteiger partial charge is 0.378 e. The fourth-order valence-electron chi connectivity index (χ4n) is 3.42. The molecular formula is C20H32N4O2. The summed E-state index contributed by atoms with van der Waals surface area (Å²) in [4.78, 5) is 16.1. The Labute approximate surface area is 156 Å². The molecule has 2 unspecified atom stereocenters. The van der Waals surface area contributed by atoms with E-state index in [0.29, 0.717) is 11.6 Å². The van der Waals surface area contributed by atoms with Crippen molar-refractivity contribution in [1.29, 1.82) is 0 Å². The van der Waals surface area contributed by atoms with Crippen molar-refractivity contribution in [2.45, 2.75) is 45.3 Å². The Bertz CT molecular complexity index is 672. The summed E-state index contributed by atoms with van der Waals surface area (Å²) in [6.45, 7) is 7.33. The predicted octanol–water partition coefficient (Wildman–Crippen LogP) is 1.96. The molecule has 6 nitrogen and oxygen atoms in total. The molecule has 0 aromatic heterocycles. The van der Waals surface area contributed by atoms with Crippen LogP contribution in [-0.2, 0) is 11.2 Å². The Hall–Kier alpha value is -2.08. The van der Waals surface area contributed by atoms with Gasteiger partial charge in [-0.2, -0.15) is 0 Å². The van der Waals surface area contributed by atoms with Gasteiger partial charge in [-0.05, 0) is 37.5 Å². The summed E-state index contributed by atoms with van der Waals surface area (Å²) >= 11 is 0. The van der Waals surface area contributed by atoms with Crippen LogP contribution in [-0.4, -0.2) is 51.3 Å². The van der Waals surface area contributed by atoms with Gasteiger partial charge in [0.15, 0.2) is 5.96 Å². The number of methoxy groups -OCH3 is 1. The van der Waals surface area contributed by atoms with Gasteiger partial charge in [0, 0.05) is 44.8 Å². The van der Waals surface area contributed by atoms with Crippen molar-refractivity contribution in [3.8, 4) is 0 Å². The monoisotopic (exact) mass is 360 g/mol. The second-order valence-electron chi connectivity index (χ2n) is 7.59. The van der Waals surface area contributed by atoms with Gasteiger partial charge in [0.2, 0.25) is 0 Å². The van der Waals surface area contributed by atoms with Crippen molar-refractivity contribution in [2.75, 3.05) is 27.7 Å². The molecule has 1 aromatic carbocycles.